The molecular formula is C16H16ClFN2O4. The van der Waals surface area contributed by atoms with Crippen molar-refractivity contribution in [2.75, 3.05) is 20.2 Å². The number of carbonyl (C=O) groups is 1. The summed E-state index contributed by atoms with van der Waals surface area (Å²) in [5.41, 5.74) is -0.833. The Kier molecular flexibility index (Phi) is 4.47. The average Bonchev–Trinajstić information content (AvgIpc) is 3.36. The summed E-state index contributed by atoms with van der Waals surface area (Å²) in [6.07, 6.45) is 2.98. The third-order valence-corrected chi connectivity index (χ3v) is 4.29. The summed E-state index contributed by atoms with van der Waals surface area (Å²) >= 11 is 6.31. The van der Waals surface area contributed by atoms with Crippen LogP contribution >= 0.6 is 11.6 Å². The normalized spacial score (nSPS) is 14.1. The van der Waals surface area contributed by atoms with E-state index >= 15 is 0 Å². The zero-order valence-electron chi connectivity index (χ0n) is 12.9. The zero-order valence-corrected chi connectivity index (χ0v) is 13.7. The highest BCUT2D eigenvalue weighted by Gasteiger charge is 2.29. The summed E-state index contributed by atoms with van der Waals surface area (Å²) in [6, 6.07) is 1.06. The highest BCUT2D eigenvalue weighted by Crippen LogP contribution is 2.41. The van der Waals surface area contributed by atoms with Crippen LogP contribution in [0.15, 0.2) is 17.1 Å². The van der Waals surface area contributed by atoms with Crippen LogP contribution in [0, 0.1) is 5.82 Å². The molecule has 3 rings (SSSR count). The fourth-order valence-electron chi connectivity index (χ4n) is 2.60. The van der Waals surface area contributed by atoms with Crippen molar-refractivity contribution in [1.29, 1.82) is 0 Å². The second-order valence-corrected chi connectivity index (χ2v) is 6.04. The Morgan fingerprint density at radius 2 is 2.25 bits per heavy atom. The molecule has 0 spiro atoms. The highest BCUT2D eigenvalue weighted by atomic mass is 35.5. The van der Waals surface area contributed by atoms with Crippen LogP contribution in [0.2, 0.25) is 5.02 Å². The van der Waals surface area contributed by atoms with E-state index in [2.05, 4.69) is 5.32 Å². The third-order valence-electron chi connectivity index (χ3n) is 3.94. The molecule has 0 radical (unpaired) electrons. The number of carboxylic acids is 1. The number of likely N-dealkylation sites (N-methyl/N-ethyl adjacent to an activating group) is 1. The lowest BCUT2D eigenvalue weighted by Crippen LogP contribution is -2.20. The molecule has 1 aliphatic carbocycles. The predicted molar refractivity (Wildman–Crippen MR) is 87.8 cm³/mol. The molecular weight excluding hydrogens is 339 g/mol. The van der Waals surface area contributed by atoms with Crippen molar-refractivity contribution >= 4 is 28.5 Å². The van der Waals surface area contributed by atoms with Crippen molar-refractivity contribution < 1.29 is 19.0 Å². The number of benzene rings is 1. The summed E-state index contributed by atoms with van der Waals surface area (Å²) in [7, 11) is 1.74. The topological polar surface area (TPSA) is 80.6 Å². The molecule has 0 atom stereocenters. The van der Waals surface area contributed by atoms with Gasteiger partial charge in [0.05, 0.1) is 10.9 Å². The van der Waals surface area contributed by atoms with Crippen molar-refractivity contribution in [1.82, 2.24) is 9.88 Å². The van der Waals surface area contributed by atoms with E-state index in [1.54, 1.807) is 11.6 Å². The van der Waals surface area contributed by atoms with Crippen LogP contribution in [0.5, 0.6) is 5.75 Å². The van der Waals surface area contributed by atoms with Crippen molar-refractivity contribution in [3.63, 3.8) is 0 Å². The Hall–Kier alpha value is -2.12. The third kappa shape index (κ3) is 2.85. The van der Waals surface area contributed by atoms with Gasteiger partial charge in [-0.15, -0.1) is 0 Å². The lowest BCUT2D eigenvalue weighted by Gasteiger charge is -2.16. The van der Waals surface area contributed by atoms with E-state index in [1.165, 1.54) is 6.20 Å². The maximum absolute atomic E-state index is 14.3. The molecule has 0 unspecified atom stereocenters. The van der Waals surface area contributed by atoms with E-state index in [9.17, 15) is 19.1 Å². The van der Waals surface area contributed by atoms with E-state index in [0.717, 1.165) is 18.9 Å². The first kappa shape index (κ1) is 16.7. The van der Waals surface area contributed by atoms with Crippen LogP contribution in [0.3, 0.4) is 0 Å². The predicted octanol–water partition coefficient (Wildman–Crippen LogP) is 2.43. The number of rotatable bonds is 6. The van der Waals surface area contributed by atoms with Crippen molar-refractivity contribution in [3.8, 4) is 5.75 Å². The number of fused-ring (bicyclic) bond motifs is 1. The van der Waals surface area contributed by atoms with Crippen molar-refractivity contribution in [2.24, 2.45) is 0 Å². The Bertz CT molecular complexity index is 877. The van der Waals surface area contributed by atoms with Crippen LogP contribution in [0.25, 0.3) is 10.9 Å². The summed E-state index contributed by atoms with van der Waals surface area (Å²) < 4.78 is 21.4. The molecule has 128 valence electrons. The van der Waals surface area contributed by atoms with Crippen molar-refractivity contribution in [3.05, 3.63) is 38.9 Å². The Morgan fingerprint density at radius 1 is 1.54 bits per heavy atom. The fourth-order valence-corrected chi connectivity index (χ4v) is 2.95. The van der Waals surface area contributed by atoms with E-state index in [-0.39, 0.29) is 28.8 Å². The second kappa shape index (κ2) is 6.41. The molecule has 2 N–H and O–H groups in total. The molecule has 6 nitrogen and oxygen atoms in total. The molecule has 1 aromatic carbocycles. The van der Waals surface area contributed by atoms with Gasteiger partial charge >= 0.3 is 5.97 Å². The van der Waals surface area contributed by atoms with E-state index in [4.69, 9.17) is 16.3 Å². The Morgan fingerprint density at radius 3 is 2.83 bits per heavy atom. The van der Waals surface area contributed by atoms with E-state index in [0.29, 0.717) is 12.1 Å². The van der Waals surface area contributed by atoms with Gasteiger partial charge in [-0.2, -0.15) is 0 Å². The zero-order chi connectivity index (χ0) is 17.4. The monoisotopic (exact) mass is 354 g/mol. The molecule has 8 heteroatoms. The number of carboxylic acid groups (broad SMARTS) is 1. The molecule has 2 aromatic rings. The minimum Gasteiger partial charge on any atom is -0.488 e. The van der Waals surface area contributed by atoms with Crippen LogP contribution < -0.4 is 15.5 Å². The molecule has 1 heterocycles. The van der Waals surface area contributed by atoms with Gasteiger partial charge < -0.3 is 19.7 Å². The average molecular weight is 355 g/mol. The minimum atomic E-state index is -1.35. The number of halogens is 2. The van der Waals surface area contributed by atoms with Gasteiger partial charge in [-0.3, -0.25) is 4.79 Å². The Balaban J connectivity index is 2.26. The maximum atomic E-state index is 14.3. The first-order chi connectivity index (χ1) is 11.5. The number of nitrogens with one attached hydrogen (secondary N) is 1. The van der Waals surface area contributed by atoms with E-state index in [1.807, 2.05) is 0 Å². The molecule has 0 bridgehead atoms. The van der Waals surface area contributed by atoms with Crippen LogP contribution in [0.1, 0.15) is 29.2 Å². The molecule has 0 saturated heterocycles. The first-order valence-electron chi connectivity index (χ1n) is 7.53. The van der Waals surface area contributed by atoms with Gasteiger partial charge in [-0.25, -0.2) is 9.18 Å². The SMILES string of the molecule is CNCCOc1c(F)cc2c(=O)c(C(=O)O)cn(C3CC3)c2c1Cl. The molecule has 1 aromatic heterocycles. The molecule has 1 aliphatic rings. The molecule has 0 amide bonds. The number of pyridine rings is 1. The van der Waals surface area contributed by atoms with Gasteiger partial charge in [0, 0.05) is 18.8 Å². The van der Waals surface area contributed by atoms with Gasteiger partial charge in [0.25, 0.3) is 0 Å². The molecule has 1 fully saturated rings. The molecule has 0 aliphatic heterocycles. The van der Waals surface area contributed by atoms with Crippen LogP contribution in [-0.4, -0.2) is 35.8 Å². The number of hydrogen-bond donors (Lipinski definition) is 2. The van der Waals surface area contributed by atoms with Gasteiger partial charge in [0.2, 0.25) is 5.43 Å². The number of aromatic nitrogens is 1. The fraction of sp³-hybridized carbons (Fsp3) is 0.375. The lowest BCUT2D eigenvalue weighted by molar-refractivity contribution is 0.0695. The minimum absolute atomic E-state index is 0.0120. The van der Waals surface area contributed by atoms with Gasteiger partial charge in [0.1, 0.15) is 17.2 Å². The number of hydrogen-bond acceptors (Lipinski definition) is 4. The van der Waals surface area contributed by atoms with E-state index < -0.39 is 22.8 Å². The summed E-state index contributed by atoms with van der Waals surface area (Å²) in [4.78, 5) is 23.7. The quantitative estimate of drug-likeness (QED) is 0.779. The Labute approximate surface area is 141 Å². The van der Waals surface area contributed by atoms with Gasteiger partial charge in [-0.1, -0.05) is 11.6 Å². The standard InChI is InChI=1S/C16H16ClFN2O4/c1-19-4-5-24-15-11(18)6-9-13(12(15)17)20(8-2-3-8)7-10(14(9)21)16(22)23/h6-8,19H,2-5H2,1H3,(H,22,23). The number of aromatic carboxylic acids is 1. The molecule has 24 heavy (non-hydrogen) atoms. The van der Waals surface area contributed by atoms with Crippen LogP contribution in [-0.2, 0) is 0 Å². The smallest absolute Gasteiger partial charge is 0.341 e. The highest BCUT2D eigenvalue weighted by molar-refractivity contribution is 6.36. The second-order valence-electron chi connectivity index (χ2n) is 5.67. The lowest BCUT2D eigenvalue weighted by atomic mass is 10.1. The first-order valence-corrected chi connectivity index (χ1v) is 7.91. The van der Waals surface area contributed by atoms with Gasteiger partial charge in [0.15, 0.2) is 11.6 Å². The number of nitrogens with zero attached hydrogens (tertiary/aromatic N) is 1. The largest absolute Gasteiger partial charge is 0.488 e. The van der Waals surface area contributed by atoms with Crippen molar-refractivity contribution in [2.45, 2.75) is 18.9 Å². The molecule has 1 saturated carbocycles. The summed E-state index contributed by atoms with van der Waals surface area (Å²) in [5.74, 6) is -2.26. The summed E-state index contributed by atoms with van der Waals surface area (Å²) in [6.45, 7) is 0.709. The van der Waals surface area contributed by atoms with Crippen LogP contribution in [0.4, 0.5) is 4.39 Å². The maximum Gasteiger partial charge on any atom is 0.341 e. The van der Waals surface area contributed by atoms with Gasteiger partial charge in [-0.05, 0) is 26.0 Å². The summed E-state index contributed by atoms with van der Waals surface area (Å²) in [5, 5.41) is 12.0. The number of ether oxygens (including phenoxy) is 1.